The minimum atomic E-state index is -0.964. The Bertz CT molecular complexity index is 1240. The first-order valence-corrected chi connectivity index (χ1v) is 8.23. The van der Waals surface area contributed by atoms with Crippen molar-refractivity contribution >= 4 is 29.4 Å². The van der Waals surface area contributed by atoms with Gasteiger partial charge >= 0.3 is 5.88 Å². The lowest BCUT2D eigenvalue weighted by molar-refractivity contribution is -0.401. The molecule has 15 nitrogen and oxygen atoms in total. The normalized spacial score (nSPS) is 10.9. The highest BCUT2D eigenvalue weighted by Gasteiger charge is 2.27. The number of furan rings is 1. The van der Waals surface area contributed by atoms with Crippen molar-refractivity contribution in [2.75, 3.05) is 0 Å². The molecule has 0 aliphatic heterocycles. The summed E-state index contributed by atoms with van der Waals surface area (Å²) in [6, 6.07) is 4.20. The fraction of sp³-hybridized carbons (Fsp3) is 0.0625. The molecule has 0 fully saturated rings. The van der Waals surface area contributed by atoms with E-state index in [1.54, 1.807) is 0 Å². The van der Waals surface area contributed by atoms with E-state index in [4.69, 9.17) is 4.42 Å². The molecule has 0 spiro atoms. The number of hydrazone groups is 1. The first kappa shape index (κ1) is 20.8. The van der Waals surface area contributed by atoms with E-state index in [1.807, 2.05) is 0 Å². The molecule has 158 valence electrons. The number of nitrogens with zero attached hydrogens (tertiary/aromatic N) is 5. The van der Waals surface area contributed by atoms with Crippen LogP contribution >= 0.6 is 0 Å². The number of nitro groups is 3. The van der Waals surface area contributed by atoms with Crippen molar-refractivity contribution in [1.82, 2.24) is 15.6 Å². The van der Waals surface area contributed by atoms with Gasteiger partial charge in [-0.05, 0) is 18.6 Å². The van der Waals surface area contributed by atoms with E-state index in [-0.39, 0.29) is 22.6 Å². The van der Waals surface area contributed by atoms with Gasteiger partial charge in [-0.1, -0.05) is 0 Å². The molecular weight excluding hydrogens is 418 g/mol. The Balaban J connectivity index is 1.84. The van der Waals surface area contributed by atoms with Crippen LogP contribution in [0.15, 0.2) is 40.0 Å². The summed E-state index contributed by atoms with van der Waals surface area (Å²) >= 11 is 0. The monoisotopic (exact) mass is 429 g/mol. The Morgan fingerprint density at radius 3 is 2.52 bits per heavy atom. The minimum Gasteiger partial charge on any atom is -0.399 e. The van der Waals surface area contributed by atoms with E-state index in [9.17, 15) is 35.1 Å². The lowest BCUT2D eigenvalue weighted by Gasteiger charge is -2.05. The Hall–Kier alpha value is -4.95. The zero-order valence-electron chi connectivity index (χ0n) is 15.5. The molecule has 2 N–H and O–H groups in total. The number of carbonyl (C=O) groups excluding carboxylic acids is 1. The number of rotatable bonds is 7. The third-order valence-electron chi connectivity index (χ3n) is 3.99. The van der Waals surface area contributed by atoms with E-state index in [2.05, 4.69) is 20.7 Å². The highest BCUT2D eigenvalue weighted by Crippen LogP contribution is 2.28. The van der Waals surface area contributed by atoms with Crippen molar-refractivity contribution in [2.24, 2.45) is 5.10 Å². The molecule has 2 heterocycles. The van der Waals surface area contributed by atoms with Gasteiger partial charge in [-0.15, -0.1) is 0 Å². The fourth-order valence-corrected chi connectivity index (χ4v) is 2.66. The van der Waals surface area contributed by atoms with Crippen molar-refractivity contribution in [3.63, 3.8) is 0 Å². The molecule has 0 saturated heterocycles. The van der Waals surface area contributed by atoms with Crippen molar-refractivity contribution in [1.29, 1.82) is 0 Å². The summed E-state index contributed by atoms with van der Waals surface area (Å²) < 4.78 is 5.07. The van der Waals surface area contributed by atoms with Gasteiger partial charge in [0.2, 0.25) is 0 Å². The van der Waals surface area contributed by atoms with Crippen LogP contribution in [0.3, 0.4) is 0 Å². The zero-order valence-corrected chi connectivity index (χ0v) is 15.5. The van der Waals surface area contributed by atoms with Crippen molar-refractivity contribution in [2.45, 2.75) is 6.92 Å². The minimum absolute atomic E-state index is 0.0143. The number of carbonyl (C=O) groups is 1. The Morgan fingerprint density at radius 2 is 1.90 bits per heavy atom. The number of hydrogen-bond acceptors (Lipinski definition) is 10. The van der Waals surface area contributed by atoms with E-state index in [0.717, 1.165) is 18.3 Å². The molecule has 3 aromatic rings. The van der Waals surface area contributed by atoms with Crippen LogP contribution in [0.1, 0.15) is 21.5 Å². The van der Waals surface area contributed by atoms with Gasteiger partial charge in [0.15, 0.2) is 5.76 Å². The van der Waals surface area contributed by atoms with E-state index < -0.39 is 37.9 Å². The fourth-order valence-electron chi connectivity index (χ4n) is 2.66. The number of hydrogen-bond donors (Lipinski definition) is 2. The quantitative estimate of drug-likeness (QED) is 0.320. The van der Waals surface area contributed by atoms with Crippen molar-refractivity contribution in [3.8, 4) is 11.5 Å². The first-order chi connectivity index (χ1) is 14.7. The molecule has 0 aliphatic carbocycles. The molecule has 3 rings (SSSR count). The predicted octanol–water partition coefficient (Wildman–Crippen LogP) is 2.47. The third kappa shape index (κ3) is 4.24. The van der Waals surface area contributed by atoms with Gasteiger partial charge in [0, 0.05) is 11.6 Å². The van der Waals surface area contributed by atoms with E-state index in [0.29, 0.717) is 11.6 Å². The summed E-state index contributed by atoms with van der Waals surface area (Å²) in [5.74, 6) is -1.35. The highest BCUT2D eigenvalue weighted by molar-refractivity contribution is 6.00. The summed E-state index contributed by atoms with van der Waals surface area (Å²) in [5, 5.41) is 42.9. The maximum absolute atomic E-state index is 12.4. The Kier molecular flexibility index (Phi) is 5.49. The second-order valence-electron chi connectivity index (χ2n) is 5.97. The molecule has 0 bridgehead atoms. The van der Waals surface area contributed by atoms with Crippen LogP contribution in [-0.2, 0) is 0 Å². The molecule has 15 heteroatoms. The number of amides is 1. The molecule has 1 aromatic carbocycles. The first-order valence-electron chi connectivity index (χ1n) is 8.23. The smallest absolute Gasteiger partial charge is 0.399 e. The second kappa shape index (κ2) is 8.19. The van der Waals surface area contributed by atoms with Crippen molar-refractivity contribution in [3.05, 3.63) is 77.5 Å². The van der Waals surface area contributed by atoms with Crippen LogP contribution in [0, 0.1) is 37.3 Å². The van der Waals surface area contributed by atoms with Gasteiger partial charge in [0.1, 0.15) is 16.2 Å². The third-order valence-corrected chi connectivity index (χ3v) is 3.99. The summed E-state index contributed by atoms with van der Waals surface area (Å²) in [4.78, 5) is 42.9. The van der Waals surface area contributed by atoms with Gasteiger partial charge in [-0.2, -0.15) is 10.2 Å². The largest absolute Gasteiger partial charge is 0.433 e. The van der Waals surface area contributed by atoms with E-state index in [1.165, 1.54) is 19.2 Å². The molecule has 0 saturated carbocycles. The summed E-state index contributed by atoms with van der Waals surface area (Å²) in [6.07, 6.45) is 2.44. The van der Waals surface area contributed by atoms with Gasteiger partial charge in [0.05, 0.1) is 34.4 Å². The molecule has 0 aliphatic rings. The molecule has 2 aromatic heterocycles. The van der Waals surface area contributed by atoms with Crippen molar-refractivity contribution < 1.29 is 24.0 Å². The standard InChI is InChI=1S/C16H11N7O8/c1-8-4-10(21(25)26)5-11(22(27)28)14(8)16(24)20-18-7-9-6-17-19-15(9)12-2-3-13(31-12)23(29)30/h2-7H,1H3,(H,17,19)(H,20,24). The number of nitro benzene ring substituents is 2. The SMILES string of the molecule is Cc1cc([N+](=O)[O-])cc([N+](=O)[O-])c1C(=O)NN=Cc1cn[nH]c1-c1ccc([N+](=O)[O-])o1. The van der Waals surface area contributed by atoms with Crippen LogP contribution in [0.4, 0.5) is 17.3 Å². The maximum Gasteiger partial charge on any atom is 0.433 e. The van der Waals surface area contributed by atoms with Crippen LogP contribution in [-0.4, -0.2) is 37.1 Å². The summed E-state index contributed by atoms with van der Waals surface area (Å²) in [5.41, 5.74) is 0.986. The lowest BCUT2D eigenvalue weighted by atomic mass is 10.0. The summed E-state index contributed by atoms with van der Waals surface area (Å²) in [6.45, 7) is 1.32. The number of nitrogens with one attached hydrogen (secondary N) is 2. The van der Waals surface area contributed by atoms with Crippen LogP contribution in [0.5, 0.6) is 0 Å². The molecular formula is C16H11N7O8. The van der Waals surface area contributed by atoms with Crippen LogP contribution in [0.25, 0.3) is 11.5 Å². The molecule has 1 amide bonds. The second-order valence-corrected chi connectivity index (χ2v) is 5.97. The van der Waals surface area contributed by atoms with Gasteiger partial charge < -0.3 is 4.42 Å². The Labute approximate surface area is 170 Å². The number of aromatic nitrogens is 2. The number of benzene rings is 1. The maximum atomic E-state index is 12.4. The van der Waals surface area contributed by atoms with Crippen LogP contribution in [0.2, 0.25) is 0 Å². The summed E-state index contributed by atoms with van der Waals surface area (Å²) in [7, 11) is 0. The van der Waals surface area contributed by atoms with Gasteiger partial charge in [-0.3, -0.25) is 40.2 Å². The number of aromatic amines is 1. The number of aryl methyl sites for hydroxylation is 1. The number of non-ortho nitro benzene ring substituents is 1. The molecule has 0 radical (unpaired) electrons. The molecule has 0 atom stereocenters. The molecule has 31 heavy (non-hydrogen) atoms. The lowest BCUT2D eigenvalue weighted by Crippen LogP contribution is -2.20. The Morgan fingerprint density at radius 1 is 1.16 bits per heavy atom. The topological polar surface area (TPSA) is 213 Å². The van der Waals surface area contributed by atoms with E-state index >= 15 is 0 Å². The average Bonchev–Trinajstić information content (AvgIpc) is 3.36. The highest BCUT2D eigenvalue weighted by atomic mass is 16.7. The van der Waals surface area contributed by atoms with Gasteiger partial charge in [0.25, 0.3) is 17.3 Å². The zero-order chi connectivity index (χ0) is 22.7. The van der Waals surface area contributed by atoms with Gasteiger partial charge in [-0.25, -0.2) is 5.43 Å². The average molecular weight is 429 g/mol. The van der Waals surface area contributed by atoms with Crippen LogP contribution < -0.4 is 5.43 Å². The molecule has 0 unspecified atom stereocenters. The predicted molar refractivity (Wildman–Crippen MR) is 102 cm³/mol. The number of H-pyrrole nitrogens is 1.